The van der Waals surface area contributed by atoms with E-state index < -0.39 is 10.0 Å². The van der Waals surface area contributed by atoms with Crippen molar-refractivity contribution >= 4 is 32.7 Å². The number of H-pyrrole nitrogens is 1. The summed E-state index contributed by atoms with van der Waals surface area (Å²) in [6.45, 7) is 3.58. The van der Waals surface area contributed by atoms with Crippen molar-refractivity contribution in [1.82, 2.24) is 29.2 Å². The van der Waals surface area contributed by atoms with Crippen molar-refractivity contribution in [2.75, 3.05) is 18.4 Å². The maximum Gasteiger partial charge on any atom is 0.261 e. The molecule has 0 radical (unpaired) electrons. The molecule has 1 aromatic carbocycles. The first-order chi connectivity index (χ1) is 16.8. The number of carbonyl (C=O) groups excluding carboxylic acids is 1. The fourth-order valence-corrected chi connectivity index (χ4v) is 6.12. The molecule has 5 rings (SSSR count). The van der Waals surface area contributed by atoms with Crippen LogP contribution < -0.4 is 10.9 Å². The molecule has 0 bridgehead atoms. The maximum atomic E-state index is 13.1. The van der Waals surface area contributed by atoms with Gasteiger partial charge in [-0.1, -0.05) is 17.3 Å². The Labute approximate surface area is 200 Å². The minimum absolute atomic E-state index is 0.0909. The highest BCUT2D eigenvalue weighted by molar-refractivity contribution is 7.89. The molecule has 2 N–H and O–H groups in total. The third-order valence-corrected chi connectivity index (χ3v) is 8.30. The Bertz CT molecular complexity index is 1560. The van der Waals surface area contributed by atoms with Gasteiger partial charge in [-0.3, -0.25) is 9.59 Å². The van der Waals surface area contributed by atoms with E-state index in [0.29, 0.717) is 40.9 Å². The zero-order valence-corrected chi connectivity index (χ0v) is 19.9. The Morgan fingerprint density at radius 1 is 1.20 bits per heavy atom. The number of hydrogen-bond donors (Lipinski definition) is 2. The molecule has 1 saturated heterocycles. The zero-order chi connectivity index (χ0) is 24.7. The van der Waals surface area contributed by atoms with E-state index in [-0.39, 0.29) is 41.1 Å². The molecule has 1 amide bonds. The third kappa shape index (κ3) is 4.02. The van der Waals surface area contributed by atoms with Crippen LogP contribution in [0.15, 0.2) is 51.0 Å². The summed E-state index contributed by atoms with van der Waals surface area (Å²) in [5.41, 5.74) is 1.46. The van der Waals surface area contributed by atoms with Gasteiger partial charge in [0.25, 0.3) is 5.56 Å². The van der Waals surface area contributed by atoms with Crippen molar-refractivity contribution in [3.63, 3.8) is 0 Å². The van der Waals surface area contributed by atoms with Crippen LogP contribution in [-0.4, -0.2) is 56.6 Å². The fraction of sp³-hybridized carbons (Fsp3) is 0.318. The monoisotopic (exact) mass is 497 g/mol. The van der Waals surface area contributed by atoms with Crippen molar-refractivity contribution in [1.29, 1.82) is 0 Å². The van der Waals surface area contributed by atoms with Gasteiger partial charge >= 0.3 is 0 Å². The summed E-state index contributed by atoms with van der Waals surface area (Å²) in [6.07, 6.45) is 3.47. The molecule has 182 valence electrons. The van der Waals surface area contributed by atoms with Crippen molar-refractivity contribution in [3.8, 4) is 5.69 Å². The Morgan fingerprint density at radius 3 is 2.66 bits per heavy atom. The quantitative estimate of drug-likeness (QED) is 0.422. The number of nitrogens with one attached hydrogen (secondary N) is 2. The molecule has 1 aliphatic heterocycles. The molecule has 35 heavy (non-hydrogen) atoms. The molecule has 13 heteroatoms. The number of piperidine rings is 1. The highest BCUT2D eigenvalue weighted by Crippen LogP contribution is 2.29. The molecule has 12 nitrogen and oxygen atoms in total. The number of aromatic amines is 1. The van der Waals surface area contributed by atoms with Crippen LogP contribution in [0, 0.1) is 19.8 Å². The van der Waals surface area contributed by atoms with E-state index >= 15 is 0 Å². The fourth-order valence-electron chi connectivity index (χ4n) is 4.36. The predicted octanol–water partition coefficient (Wildman–Crippen LogP) is 1.75. The van der Waals surface area contributed by atoms with E-state index in [9.17, 15) is 18.0 Å². The van der Waals surface area contributed by atoms with Crippen LogP contribution in [0.25, 0.3) is 16.7 Å². The number of anilines is 1. The summed E-state index contributed by atoms with van der Waals surface area (Å²) < 4.78 is 34.0. The standard InChI is InChI=1S/C22H23N7O5S/c1-13-19(14(2)34-27-13)35(32,33)28-9-7-15(8-10-28)21(30)26-17-5-3-4-6-18(17)29-20-16(11-25-29)22(31)24-12-23-20/h3-6,11-12,15H,7-10H2,1-2H3,(H,26,30)(H,23,24,31). The second-order valence-electron chi connectivity index (χ2n) is 8.36. The minimum Gasteiger partial charge on any atom is -0.360 e. The van der Waals surface area contributed by atoms with Gasteiger partial charge in [0.1, 0.15) is 16.0 Å². The molecular formula is C22H23N7O5S. The van der Waals surface area contributed by atoms with Gasteiger partial charge in [-0.15, -0.1) is 0 Å². The van der Waals surface area contributed by atoms with Gasteiger partial charge in [-0.25, -0.2) is 18.1 Å². The van der Waals surface area contributed by atoms with Gasteiger partial charge in [-0.2, -0.15) is 9.40 Å². The SMILES string of the molecule is Cc1noc(C)c1S(=O)(=O)N1CCC(C(=O)Nc2ccccc2-n2ncc3c(=O)[nH]cnc32)CC1. The highest BCUT2D eigenvalue weighted by Gasteiger charge is 2.35. The van der Waals surface area contributed by atoms with E-state index in [1.165, 1.54) is 21.5 Å². The Balaban J connectivity index is 1.32. The second-order valence-corrected chi connectivity index (χ2v) is 10.2. The van der Waals surface area contributed by atoms with Crippen LogP contribution in [-0.2, 0) is 14.8 Å². The lowest BCUT2D eigenvalue weighted by Crippen LogP contribution is -2.41. The number of nitrogens with zero attached hydrogens (tertiary/aromatic N) is 5. The predicted molar refractivity (Wildman–Crippen MR) is 126 cm³/mol. The first-order valence-corrected chi connectivity index (χ1v) is 12.5. The number of carbonyl (C=O) groups is 1. The Morgan fingerprint density at radius 2 is 1.94 bits per heavy atom. The second kappa shape index (κ2) is 8.74. The lowest BCUT2D eigenvalue weighted by atomic mass is 9.97. The van der Waals surface area contributed by atoms with E-state index in [2.05, 4.69) is 25.5 Å². The first-order valence-electron chi connectivity index (χ1n) is 11.0. The number of hydrogen-bond acceptors (Lipinski definition) is 8. The maximum absolute atomic E-state index is 13.1. The minimum atomic E-state index is -3.75. The largest absolute Gasteiger partial charge is 0.360 e. The number of sulfonamides is 1. The Kier molecular flexibility index (Phi) is 5.73. The van der Waals surface area contributed by atoms with Crippen LogP contribution in [0.2, 0.25) is 0 Å². The number of amides is 1. The summed E-state index contributed by atoms with van der Waals surface area (Å²) in [4.78, 5) is 31.9. The summed E-state index contributed by atoms with van der Waals surface area (Å²) in [7, 11) is -3.75. The lowest BCUT2D eigenvalue weighted by molar-refractivity contribution is -0.120. The molecule has 0 saturated carbocycles. The number of para-hydroxylation sites is 2. The van der Waals surface area contributed by atoms with Crippen LogP contribution in [0.5, 0.6) is 0 Å². The number of rotatable bonds is 5. The summed E-state index contributed by atoms with van der Waals surface area (Å²) in [5, 5.41) is 11.3. The third-order valence-electron chi connectivity index (χ3n) is 6.15. The van der Waals surface area contributed by atoms with Crippen LogP contribution >= 0.6 is 0 Å². The van der Waals surface area contributed by atoms with Crippen LogP contribution in [0.4, 0.5) is 5.69 Å². The summed E-state index contributed by atoms with van der Waals surface area (Å²) in [6, 6.07) is 7.09. The molecule has 0 aliphatic carbocycles. The van der Waals surface area contributed by atoms with E-state index in [0.717, 1.165) is 0 Å². The highest BCUT2D eigenvalue weighted by atomic mass is 32.2. The molecular weight excluding hydrogens is 474 g/mol. The molecule has 1 aliphatic rings. The van der Waals surface area contributed by atoms with Crippen molar-refractivity contribution in [3.05, 3.63) is 58.6 Å². The van der Waals surface area contributed by atoms with Gasteiger partial charge in [0.05, 0.1) is 23.9 Å². The molecule has 0 unspecified atom stereocenters. The smallest absolute Gasteiger partial charge is 0.261 e. The summed E-state index contributed by atoms with van der Waals surface area (Å²) >= 11 is 0. The van der Waals surface area contributed by atoms with Gasteiger partial charge in [-0.05, 0) is 38.8 Å². The number of aryl methyl sites for hydroxylation is 2. The van der Waals surface area contributed by atoms with Crippen LogP contribution in [0.1, 0.15) is 24.3 Å². The number of benzene rings is 1. The van der Waals surface area contributed by atoms with Gasteiger partial charge in [0.15, 0.2) is 11.4 Å². The summed E-state index contributed by atoms with van der Waals surface area (Å²) in [5.74, 6) is -0.329. The molecule has 4 heterocycles. The van der Waals surface area contributed by atoms with E-state index in [4.69, 9.17) is 4.52 Å². The van der Waals surface area contributed by atoms with Gasteiger partial charge < -0.3 is 14.8 Å². The van der Waals surface area contributed by atoms with Crippen LogP contribution in [0.3, 0.4) is 0 Å². The van der Waals surface area contributed by atoms with E-state index in [1.54, 1.807) is 38.1 Å². The van der Waals surface area contributed by atoms with Crippen molar-refractivity contribution < 1.29 is 17.7 Å². The zero-order valence-electron chi connectivity index (χ0n) is 19.1. The molecule has 0 spiro atoms. The van der Waals surface area contributed by atoms with Gasteiger partial charge in [0.2, 0.25) is 15.9 Å². The Hall–Kier alpha value is -3.84. The molecule has 3 aromatic heterocycles. The van der Waals surface area contributed by atoms with Crippen molar-refractivity contribution in [2.24, 2.45) is 5.92 Å². The van der Waals surface area contributed by atoms with Crippen molar-refractivity contribution in [2.45, 2.75) is 31.6 Å². The first kappa shape index (κ1) is 22.9. The number of fused-ring (bicyclic) bond motifs is 1. The normalized spacial score (nSPS) is 15.5. The van der Waals surface area contributed by atoms with Gasteiger partial charge in [0, 0.05) is 19.0 Å². The average Bonchev–Trinajstić information content (AvgIpc) is 3.43. The number of aromatic nitrogens is 5. The average molecular weight is 498 g/mol. The van der Waals surface area contributed by atoms with E-state index in [1.807, 2.05) is 0 Å². The lowest BCUT2D eigenvalue weighted by Gasteiger charge is -2.30. The molecule has 4 aromatic rings. The topological polar surface area (TPSA) is 156 Å². The molecule has 1 fully saturated rings. The molecule has 0 atom stereocenters.